The van der Waals surface area contributed by atoms with Gasteiger partial charge >= 0.3 is 11.8 Å². The molecule has 2 aromatic carbocycles. The van der Waals surface area contributed by atoms with Crippen molar-refractivity contribution in [3.8, 4) is 5.75 Å². The van der Waals surface area contributed by atoms with Crippen LogP contribution < -0.4 is 15.0 Å². The zero-order valence-electron chi connectivity index (χ0n) is 12.5. The summed E-state index contributed by atoms with van der Waals surface area (Å²) in [6.07, 6.45) is 0.754. The van der Waals surface area contributed by atoms with Crippen molar-refractivity contribution in [2.75, 3.05) is 23.9 Å². The Bertz CT molecular complexity index is 776. The minimum atomic E-state index is -0.692. The number of methoxy groups -OCH3 is 1. The molecule has 1 N–H and O–H groups in total. The molecule has 0 spiro atoms. The van der Waals surface area contributed by atoms with Crippen LogP contribution in [0.25, 0.3) is 0 Å². The lowest BCUT2D eigenvalue weighted by atomic mass is 10.2. The summed E-state index contributed by atoms with van der Waals surface area (Å²) in [6.45, 7) is 0.509. The van der Waals surface area contributed by atoms with Crippen molar-refractivity contribution in [3.05, 3.63) is 53.1 Å². The van der Waals surface area contributed by atoms with Crippen LogP contribution in [0.2, 0.25) is 5.02 Å². The average molecular weight is 331 g/mol. The van der Waals surface area contributed by atoms with Crippen LogP contribution in [0.3, 0.4) is 0 Å². The maximum atomic E-state index is 12.4. The Morgan fingerprint density at radius 1 is 1.22 bits per heavy atom. The largest absolute Gasteiger partial charge is 0.495 e. The van der Waals surface area contributed by atoms with Crippen molar-refractivity contribution in [1.29, 1.82) is 0 Å². The quantitative estimate of drug-likeness (QED) is 0.861. The van der Waals surface area contributed by atoms with Gasteiger partial charge in [-0.25, -0.2) is 0 Å². The summed E-state index contributed by atoms with van der Waals surface area (Å²) in [5, 5.41) is 2.94. The number of benzene rings is 2. The summed E-state index contributed by atoms with van der Waals surface area (Å²) in [7, 11) is 1.51. The topological polar surface area (TPSA) is 58.6 Å². The number of anilines is 2. The Labute approximate surface area is 138 Å². The number of para-hydroxylation sites is 1. The molecule has 0 aliphatic carbocycles. The molecule has 1 aliphatic rings. The second kappa shape index (κ2) is 6.30. The number of ether oxygens (including phenoxy) is 1. The van der Waals surface area contributed by atoms with E-state index in [2.05, 4.69) is 5.32 Å². The molecule has 118 valence electrons. The molecule has 6 heteroatoms. The molecule has 1 aliphatic heterocycles. The normalized spacial score (nSPS) is 12.7. The smallest absolute Gasteiger partial charge is 0.316 e. The van der Waals surface area contributed by atoms with Gasteiger partial charge in [0, 0.05) is 17.9 Å². The highest BCUT2D eigenvalue weighted by atomic mass is 35.5. The van der Waals surface area contributed by atoms with Crippen LogP contribution in [0.5, 0.6) is 5.75 Å². The van der Waals surface area contributed by atoms with Gasteiger partial charge in [0.15, 0.2) is 0 Å². The van der Waals surface area contributed by atoms with Crippen molar-refractivity contribution in [2.24, 2.45) is 0 Å². The number of halogens is 1. The molecule has 0 radical (unpaired) electrons. The van der Waals surface area contributed by atoms with E-state index in [4.69, 9.17) is 16.3 Å². The summed E-state index contributed by atoms with van der Waals surface area (Å²) in [5.74, 6) is -0.769. The van der Waals surface area contributed by atoms with E-state index in [1.807, 2.05) is 24.3 Å². The number of nitrogens with zero attached hydrogens (tertiary/aromatic N) is 1. The van der Waals surface area contributed by atoms with Gasteiger partial charge < -0.3 is 15.0 Å². The maximum absolute atomic E-state index is 12.4. The summed E-state index contributed by atoms with van der Waals surface area (Å²) in [4.78, 5) is 26.1. The number of fused-ring (bicyclic) bond motifs is 1. The van der Waals surface area contributed by atoms with Crippen molar-refractivity contribution in [3.63, 3.8) is 0 Å². The molecule has 0 aromatic heterocycles. The second-order valence-electron chi connectivity index (χ2n) is 5.14. The van der Waals surface area contributed by atoms with Gasteiger partial charge in [-0.1, -0.05) is 29.8 Å². The number of hydrogen-bond acceptors (Lipinski definition) is 3. The fraction of sp³-hybridized carbons (Fsp3) is 0.176. The molecule has 3 rings (SSSR count). The third-order valence-corrected chi connectivity index (χ3v) is 4.03. The number of carbonyl (C=O) groups is 2. The van der Waals surface area contributed by atoms with Crippen LogP contribution in [0.15, 0.2) is 42.5 Å². The lowest BCUT2D eigenvalue weighted by Crippen LogP contribution is -2.38. The Morgan fingerprint density at radius 3 is 2.74 bits per heavy atom. The maximum Gasteiger partial charge on any atom is 0.316 e. The molecular formula is C17H15ClN2O3. The Balaban J connectivity index is 1.74. The number of nitrogens with one attached hydrogen (secondary N) is 1. The third kappa shape index (κ3) is 3.00. The van der Waals surface area contributed by atoms with Crippen LogP contribution in [0.4, 0.5) is 11.4 Å². The van der Waals surface area contributed by atoms with E-state index in [-0.39, 0.29) is 0 Å². The van der Waals surface area contributed by atoms with Crippen molar-refractivity contribution >= 4 is 34.8 Å². The number of carbonyl (C=O) groups excluding carboxylic acids is 2. The highest BCUT2D eigenvalue weighted by molar-refractivity contribution is 6.44. The number of amides is 2. The molecule has 5 nitrogen and oxygen atoms in total. The molecule has 23 heavy (non-hydrogen) atoms. The van der Waals surface area contributed by atoms with Crippen molar-refractivity contribution < 1.29 is 14.3 Å². The van der Waals surface area contributed by atoms with Crippen LogP contribution in [0.1, 0.15) is 5.56 Å². The standard InChI is InChI=1S/C17H15ClN2O3/c1-23-15-7-6-12(10-13(15)18)19-16(21)17(22)20-9-8-11-4-2-3-5-14(11)20/h2-7,10H,8-9H2,1H3,(H,19,21). The number of rotatable bonds is 2. The summed E-state index contributed by atoms with van der Waals surface area (Å²) >= 11 is 6.01. The van der Waals surface area contributed by atoms with E-state index < -0.39 is 11.8 Å². The summed E-state index contributed by atoms with van der Waals surface area (Å²) in [5.41, 5.74) is 2.31. The first kappa shape index (κ1) is 15.4. The molecule has 0 fully saturated rings. The van der Waals surface area contributed by atoms with Crippen LogP contribution >= 0.6 is 11.6 Å². The van der Waals surface area contributed by atoms with Gasteiger partial charge in [0.1, 0.15) is 5.75 Å². The van der Waals surface area contributed by atoms with Gasteiger partial charge in [0.05, 0.1) is 12.1 Å². The highest BCUT2D eigenvalue weighted by Crippen LogP contribution is 2.29. The molecule has 1 heterocycles. The van der Waals surface area contributed by atoms with E-state index in [0.29, 0.717) is 23.0 Å². The first-order valence-electron chi connectivity index (χ1n) is 7.14. The molecule has 2 aromatic rings. The fourth-order valence-corrected chi connectivity index (χ4v) is 2.86. The highest BCUT2D eigenvalue weighted by Gasteiger charge is 2.28. The van der Waals surface area contributed by atoms with Gasteiger partial charge in [-0.05, 0) is 36.2 Å². The summed E-state index contributed by atoms with van der Waals surface area (Å²) in [6, 6.07) is 12.4. The molecule has 0 bridgehead atoms. The van der Waals surface area contributed by atoms with E-state index in [0.717, 1.165) is 17.7 Å². The predicted molar refractivity (Wildman–Crippen MR) is 89.1 cm³/mol. The molecular weight excluding hydrogens is 316 g/mol. The van der Waals surface area contributed by atoms with Gasteiger partial charge in [-0.2, -0.15) is 0 Å². The van der Waals surface area contributed by atoms with E-state index >= 15 is 0 Å². The van der Waals surface area contributed by atoms with Gasteiger partial charge in [0.25, 0.3) is 0 Å². The zero-order valence-corrected chi connectivity index (χ0v) is 13.3. The minimum absolute atomic E-state index is 0.365. The number of hydrogen-bond donors (Lipinski definition) is 1. The van der Waals surface area contributed by atoms with Gasteiger partial charge in [0.2, 0.25) is 0 Å². The Morgan fingerprint density at radius 2 is 2.00 bits per heavy atom. The first-order chi connectivity index (χ1) is 11.1. The van der Waals surface area contributed by atoms with Crippen molar-refractivity contribution in [1.82, 2.24) is 0 Å². The summed E-state index contributed by atoms with van der Waals surface area (Å²) < 4.78 is 5.05. The molecule has 2 amide bonds. The van der Waals surface area contributed by atoms with E-state index in [1.165, 1.54) is 12.0 Å². The van der Waals surface area contributed by atoms with Crippen molar-refractivity contribution in [2.45, 2.75) is 6.42 Å². The lowest BCUT2D eigenvalue weighted by Gasteiger charge is -2.16. The Hall–Kier alpha value is -2.53. The average Bonchev–Trinajstić information content (AvgIpc) is 2.98. The molecule has 0 saturated carbocycles. The van der Waals surface area contributed by atoms with E-state index in [1.54, 1.807) is 18.2 Å². The second-order valence-corrected chi connectivity index (χ2v) is 5.55. The SMILES string of the molecule is COc1ccc(NC(=O)C(=O)N2CCc3ccccc32)cc1Cl. The Kier molecular flexibility index (Phi) is 4.21. The lowest BCUT2D eigenvalue weighted by molar-refractivity contribution is -0.134. The molecule has 0 unspecified atom stereocenters. The van der Waals surface area contributed by atoms with Gasteiger partial charge in [-0.15, -0.1) is 0 Å². The third-order valence-electron chi connectivity index (χ3n) is 3.74. The van der Waals surface area contributed by atoms with Crippen LogP contribution in [-0.2, 0) is 16.0 Å². The minimum Gasteiger partial charge on any atom is -0.495 e. The molecule has 0 saturated heterocycles. The first-order valence-corrected chi connectivity index (χ1v) is 7.52. The fourth-order valence-electron chi connectivity index (χ4n) is 2.60. The zero-order chi connectivity index (χ0) is 16.4. The van der Waals surface area contributed by atoms with E-state index in [9.17, 15) is 9.59 Å². The van der Waals surface area contributed by atoms with Gasteiger partial charge in [-0.3, -0.25) is 9.59 Å². The predicted octanol–water partition coefficient (Wildman–Crippen LogP) is 2.88. The van der Waals surface area contributed by atoms with Crippen LogP contribution in [0, 0.1) is 0 Å². The monoisotopic (exact) mass is 330 g/mol. The van der Waals surface area contributed by atoms with Crippen LogP contribution in [-0.4, -0.2) is 25.5 Å². The molecule has 0 atom stereocenters.